The first-order valence-electron chi connectivity index (χ1n) is 12.5. The molecule has 0 atom stereocenters. The molecule has 0 unspecified atom stereocenters. The second-order valence-electron chi connectivity index (χ2n) is 9.36. The van der Waals surface area contributed by atoms with Gasteiger partial charge in [-0.2, -0.15) is 0 Å². The normalized spacial score (nSPS) is 11.3. The van der Waals surface area contributed by atoms with Crippen LogP contribution >= 0.6 is 11.6 Å². The van der Waals surface area contributed by atoms with Gasteiger partial charge in [0.25, 0.3) is 0 Å². The molecule has 0 aliphatic rings. The summed E-state index contributed by atoms with van der Waals surface area (Å²) in [7, 11) is 0. The summed E-state index contributed by atoms with van der Waals surface area (Å²) in [6.07, 6.45) is 2.06. The molecule has 0 N–H and O–H groups in total. The molecule has 0 radical (unpaired) electrons. The highest BCUT2D eigenvalue weighted by atomic mass is 35.5. The Morgan fingerprint density at radius 3 is 1.87 bits per heavy atom. The van der Waals surface area contributed by atoms with Gasteiger partial charge in [-0.05, 0) is 57.3 Å². The fourth-order valence-electron chi connectivity index (χ4n) is 4.93. The van der Waals surface area contributed by atoms with Crippen molar-refractivity contribution in [2.24, 2.45) is 0 Å². The third-order valence-corrected chi connectivity index (χ3v) is 7.14. The molecule has 0 saturated heterocycles. The van der Waals surface area contributed by atoms with Crippen LogP contribution in [0.25, 0.3) is 61.2 Å². The van der Waals surface area contributed by atoms with E-state index in [0.717, 1.165) is 55.0 Å². The van der Waals surface area contributed by atoms with Gasteiger partial charge in [0.1, 0.15) is 0 Å². The van der Waals surface area contributed by atoms with Crippen LogP contribution in [-0.4, -0.2) is 14.6 Å². The zero-order chi connectivity index (χ0) is 25.5. The minimum atomic E-state index is 0.701. The minimum absolute atomic E-state index is 0.701. The second-order valence-corrected chi connectivity index (χ2v) is 9.80. The Morgan fingerprint density at radius 1 is 0.500 bits per heavy atom. The maximum atomic E-state index is 6.15. The van der Waals surface area contributed by atoms with Crippen LogP contribution in [0.5, 0.6) is 0 Å². The van der Waals surface area contributed by atoms with Gasteiger partial charge in [-0.25, -0.2) is 9.50 Å². The van der Waals surface area contributed by atoms with E-state index in [0.29, 0.717) is 5.82 Å². The van der Waals surface area contributed by atoms with Crippen LogP contribution in [0, 0.1) is 0 Å². The van der Waals surface area contributed by atoms with Gasteiger partial charge in [0, 0.05) is 27.9 Å². The highest BCUT2D eigenvalue weighted by Gasteiger charge is 2.14. The molecule has 38 heavy (non-hydrogen) atoms. The monoisotopic (exact) mass is 507 g/mol. The minimum Gasteiger partial charge on any atom is -0.219 e. The molecule has 5 aromatic carbocycles. The number of hydrogen-bond acceptors (Lipinski definition) is 2. The summed E-state index contributed by atoms with van der Waals surface area (Å²) in [5.74, 6) is 0.701. The molecule has 2 heterocycles. The summed E-state index contributed by atoms with van der Waals surface area (Å²) in [5.41, 5.74) is 8.53. The molecule has 7 aromatic rings. The number of aromatic nitrogens is 3. The number of hydrogen-bond donors (Lipinski definition) is 0. The predicted molar refractivity (Wildman–Crippen MR) is 157 cm³/mol. The van der Waals surface area contributed by atoms with Gasteiger partial charge >= 0.3 is 0 Å². The van der Waals surface area contributed by atoms with Crippen LogP contribution in [0.2, 0.25) is 5.02 Å². The first-order valence-corrected chi connectivity index (χ1v) is 12.9. The van der Waals surface area contributed by atoms with Gasteiger partial charge in [0.05, 0.1) is 0 Å². The first kappa shape index (κ1) is 22.5. The number of nitrogens with zero attached hydrogens (tertiary/aromatic N) is 3. The van der Waals surface area contributed by atoms with Crippen molar-refractivity contribution in [3.63, 3.8) is 0 Å². The SMILES string of the molecule is Clc1ccc2cc(-c3ccc(-c4nc5c(-c6ccccc6)cc(-c6ccccc6)cn5n4)cc3)ccc2c1. The Kier molecular flexibility index (Phi) is 5.49. The van der Waals surface area contributed by atoms with Crippen molar-refractivity contribution in [2.75, 3.05) is 0 Å². The second kappa shape index (κ2) is 9.29. The van der Waals surface area contributed by atoms with E-state index >= 15 is 0 Å². The molecule has 4 heteroatoms. The molecule has 180 valence electrons. The van der Waals surface area contributed by atoms with E-state index < -0.39 is 0 Å². The third-order valence-electron chi connectivity index (χ3n) is 6.90. The Balaban J connectivity index is 1.30. The quantitative estimate of drug-likeness (QED) is 0.237. The molecule has 0 bridgehead atoms. The number of rotatable bonds is 4. The summed E-state index contributed by atoms with van der Waals surface area (Å²) in [6, 6.07) is 43.8. The van der Waals surface area contributed by atoms with E-state index in [4.69, 9.17) is 21.7 Å². The maximum Gasteiger partial charge on any atom is 0.182 e. The van der Waals surface area contributed by atoms with Crippen molar-refractivity contribution in [3.05, 3.63) is 139 Å². The summed E-state index contributed by atoms with van der Waals surface area (Å²) in [6.45, 7) is 0. The van der Waals surface area contributed by atoms with Crippen molar-refractivity contribution < 1.29 is 0 Å². The molecule has 2 aromatic heterocycles. The van der Waals surface area contributed by atoms with Gasteiger partial charge in [-0.1, -0.05) is 115 Å². The van der Waals surface area contributed by atoms with Gasteiger partial charge in [0.2, 0.25) is 0 Å². The highest BCUT2D eigenvalue weighted by Crippen LogP contribution is 2.32. The van der Waals surface area contributed by atoms with Crippen LogP contribution in [0.4, 0.5) is 0 Å². The average molecular weight is 508 g/mol. The number of fused-ring (bicyclic) bond motifs is 2. The van der Waals surface area contributed by atoms with Crippen molar-refractivity contribution >= 4 is 28.0 Å². The van der Waals surface area contributed by atoms with E-state index in [2.05, 4.69) is 109 Å². The largest absolute Gasteiger partial charge is 0.219 e. The smallest absolute Gasteiger partial charge is 0.182 e. The zero-order valence-electron chi connectivity index (χ0n) is 20.4. The molecule has 0 fully saturated rings. The fourth-order valence-corrected chi connectivity index (χ4v) is 5.12. The van der Waals surface area contributed by atoms with Gasteiger partial charge in [-0.3, -0.25) is 0 Å². The number of halogens is 1. The van der Waals surface area contributed by atoms with Crippen molar-refractivity contribution in [2.45, 2.75) is 0 Å². The predicted octanol–water partition coefficient (Wildman–Crippen LogP) is 9.20. The van der Waals surface area contributed by atoms with Crippen molar-refractivity contribution in [1.82, 2.24) is 14.6 Å². The molecule has 7 rings (SSSR count). The standard InChI is InChI=1S/C34H22ClN3/c35-31-18-17-28-19-27(15-16-29(28)20-31)24-11-13-26(14-12-24)33-36-34-32(25-9-5-2-6-10-25)21-30(22-38(34)37-33)23-7-3-1-4-8-23/h1-22H. The van der Waals surface area contributed by atoms with Crippen LogP contribution in [0.15, 0.2) is 134 Å². The van der Waals surface area contributed by atoms with E-state index in [1.54, 1.807) is 0 Å². The molecule has 3 nitrogen and oxygen atoms in total. The number of benzene rings is 5. The highest BCUT2D eigenvalue weighted by molar-refractivity contribution is 6.31. The Labute approximate surface area is 225 Å². The van der Waals surface area contributed by atoms with Crippen molar-refractivity contribution in [3.8, 4) is 44.8 Å². The summed E-state index contributed by atoms with van der Waals surface area (Å²) in [4.78, 5) is 4.99. The van der Waals surface area contributed by atoms with E-state index in [9.17, 15) is 0 Å². The summed E-state index contributed by atoms with van der Waals surface area (Å²) < 4.78 is 1.91. The molecule has 0 amide bonds. The Hall–Kier alpha value is -4.73. The molecule has 0 aliphatic carbocycles. The first-order chi connectivity index (χ1) is 18.7. The third kappa shape index (κ3) is 4.13. The number of pyridine rings is 1. The lowest BCUT2D eigenvalue weighted by molar-refractivity contribution is 0.968. The summed E-state index contributed by atoms with van der Waals surface area (Å²) in [5, 5.41) is 7.95. The van der Waals surface area contributed by atoms with Crippen molar-refractivity contribution in [1.29, 1.82) is 0 Å². The topological polar surface area (TPSA) is 30.2 Å². The average Bonchev–Trinajstić information content (AvgIpc) is 3.42. The van der Waals surface area contributed by atoms with Crippen LogP contribution < -0.4 is 0 Å². The molecule has 0 aliphatic heterocycles. The zero-order valence-corrected chi connectivity index (χ0v) is 21.2. The van der Waals surface area contributed by atoms with Gasteiger partial charge in [-0.15, -0.1) is 5.10 Å². The Bertz CT molecular complexity index is 1910. The summed E-state index contributed by atoms with van der Waals surface area (Å²) >= 11 is 6.15. The molecular formula is C34H22ClN3. The van der Waals surface area contributed by atoms with E-state index in [-0.39, 0.29) is 0 Å². The molecule has 0 saturated carbocycles. The lowest BCUT2D eigenvalue weighted by atomic mass is 10.00. The van der Waals surface area contributed by atoms with Crippen LogP contribution in [-0.2, 0) is 0 Å². The van der Waals surface area contributed by atoms with Gasteiger partial charge in [0.15, 0.2) is 11.5 Å². The van der Waals surface area contributed by atoms with Crippen LogP contribution in [0.1, 0.15) is 0 Å². The maximum absolute atomic E-state index is 6.15. The fraction of sp³-hybridized carbons (Fsp3) is 0. The molecule has 0 spiro atoms. The van der Waals surface area contributed by atoms with Crippen LogP contribution in [0.3, 0.4) is 0 Å². The molecular weight excluding hydrogens is 486 g/mol. The van der Waals surface area contributed by atoms with Gasteiger partial charge < -0.3 is 0 Å². The lowest BCUT2D eigenvalue weighted by Crippen LogP contribution is -1.93. The van der Waals surface area contributed by atoms with E-state index in [1.165, 1.54) is 5.39 Å². The Morgan fingerprint density at radius 2 is 1.11 bits per heavy atom. The van der Waals surface area contributed by atoms with E-state index in [1.807, 2.05) is 28.8 Å². The lowest BCUT2D eigenvalue weighted by Gasteiger charge is -2.08.